The van der Waals surface area contributed by atoms with Gasteiger partial charge in [-0.3, -0.25) is 0 Å². The summed E-state index contributed by atoms with van der Waals surface area (Å²) in [5.74, 6) is 6.10. The number of rotatable bonds is 1. The average molecular weight is 111 g/mol. The monoisotopic (exact) mass is 111 g/mol. The van der Waals surface area contributed by atoms with Crippen molar-refractivity contribution in [2.24, 2.45) is 5.92 Å². The van der Waals surface area contributed by atoms with Gasteiger partial charge in [0.15, 0.2) is 0 Å². The molecule has 0 saturated carbocycles. The van der Waals surface area contributed by atoms with Crippen LogP contribution in [0.4, 0.5) is 0 Å². The summed E-state index contributed by atoms with van der Waals surface area (Å²) in [7, 11) is 0. The summed E-state index contributed by atoms with van der Waals surface area (Å²) >= 11 is 0. The molecule has 8 heavy (non-hydrogen) atoms. The Labute approximate surface area is 50.7 Å². The van der Waals surface area contributed by atoms with Crippen molar-refractivity contribution in [3.05, 3.63) is 6.61 Å². The zero-order valence-electron chi connectivity index (χ0n) is 5.31. The smallest absolute Gasteiger partial charge is 0.0917 e. The van der Waals surface area contributed by atoms with Gasteiger partial charge in [0.25, 0.3) is 0 Å². The van der Waals surface area contributed by atoms with Crippen LogP contribution in [0, 0.1) is 24.4 Å². The highest BCUT2D eigenvalue weighted by molar-refractivity contribution is 5.02. The van der Waals surface area contributed by atoms with Crippen LogP contribution in [0.3, 0.4) is 0 Å². The molecule has 0 aromatic heterocycles. The highest BCUT2D eigenvalue weighted by atomic mass is 16.2. The molecule has 0 bridgehead atoms. The Balaban J connectivity index is 3.20. The van der Waals surface area contributed by atoms with Crippen molar-refractivity contribution in [2.45, 2.75) is 20.3 Å². The molecule has 0 fully saturated rings. The third kappa shape index (κ3) is 5.52. The SMILES string of the molecule is CC(C)C#CC[CH]O. The lowest BCUT2D eigenvalue weighted by Crippen LogP contribution is -1.77. The lowest BCUT2D eigenvalue weighted by atomic mass is 10.2. The van der Waals surface area contributed by atoms with Crippen LogP contribution in [0.2, 0.25) is 0 Å². The molecule has 0 aliphatic carbocycles. The summed E-state index contributed by atoms with van der Waals surface area (Å²) in [4.78, 5) is 0. The van der Waals surface area contributed by atoms with E-state index in [2.05, 4.69) is 11.8 Å². The van der Waals surface area contributed by atoms with Crippen molar-refractivity contribution in [2.75, 3.05) is 0 Å². The number of aliphatic hydroxyl groups is 1. The van der Waals surface area contributed by atoms with Crippen molar-refractivity contribution in [3.8, 4) is 11.8 Å². The first kappa shape index (κ1) is 7.52. The fourth-order valence-corrected chi connectivity index (χ4v) is 0.309. The van der Waals surface area contributed by atoms with Gasteiger partial charge in [-0.1, -0.05) is 13.8 Å². The number of aliphatic hydroxyl groups excluding tert-OH is 1. The van der Waals surface area contributed by atoms with E-state index in [0.717, 1.165) is 6.61 Å². The summed E-state index contributed by atoms with van der Waals surface area (Å²) in [5, 5.41) is 8.15. The lowest BCUT2D eigenvalue weighted by molar-refractivity contribution is 0.390. The van der Waals surface area contributed by atoms with Crippen molar-refractivity contribution < 1.29 is 5.11 Å². The van der Waals surface area contributed by atoms with E-state index in [-0.39, 0.29) is 0 Å². The maximum absolute atomic E-state index is 8.15. The van der Waals surface area contributed by atoms with Crippen LogP contribution in [-0.4, -0.2) is 5.11 Å². The molecule has 0 spiro atoms. The molecule has 0 aromatic rings. The predicted octanol–water partition coefficient (Wildman–Crippen LogP) is 1.57. The Hall–Kier alpha value is -0.480. The van der Waals surface area contributed by atoms with E-state index in [4.69, 9.17) is 5.11 Å². The molecule has 0 aliphatic heterocycles. The Morgan fingerprint density at radius 2 is 2.25 bits per heavy atom. The maximum Gasteiger partial charge on any atom is 0.0917 e. The van der Waals surface area contributed by atoms with Gasteiger partial charge < -0.3 is 5.11 Å². The Bertz CT molecular complexity index is 94.7. The molecule has 0 aliphatic rings. The number of hydrogen-bond acceptors (Lipinski definition) is 1. The van der Waals surface area contributed by atoms with Gasteiger partial charge in [0.2, 0.25) is 0 Å². The fraction of sp³-hybridized carbons (Fsp3) is 0.571. The zero-order valence-corrected chi connectivity index (χ0v) is 5.31. The summed E-state index contributed by atoms with van der Waals surface area (Å²) < 4.78 is 0. The summed E-state index contributed by atoms with van der Waals surface area (Å²) in [5.41, 5.74) is 0. The van der Waals surface area contributed by atoms with Gasteiger partial charge in [-0.25, -0.2) is 0 Å². The molecule has 0 aromatic carbocycles. The zero-order chi connectivity index (χ0) is 6.41. The molecule has 1 radical (unpaired) electrons. The molecule has 0 heterocycles. The van der Waals surface area contributed by atoms with E-state index < -0.39 is 0 Å². The normalized spacial score (nSPS) is 8.50. The second-order valence-corrected chi connectivity index (χ2v) is 1.86. The Morgan fingerprint density at radius 1 is 1.62 bits per heavy atom. The first-order valence-corrected chi connectivity index (χ1v) is 2.71. The van der Waals surface area contributed by atoms with Crippen molar-refractivity contribution in [1.29, 1.82) is 0 Å². The molecule has 0 rings (SSSR count). The van der Waals surface area contributed by atoms with Crippen LogP contribution in [0.1, 0.15) is 20.3 Å². The van der Waals surface area contributed by atoms with Crippen LogP contribution < -0.4 is 0 Å². The minimum atomic E-state index is 0.412. The molecular formula is C7H11O. The van der Waals surface area contributed by atoms with E-state index in [9.17, 15) is 0 Å². The standard InChI is InChI=1S/C7H11O/c1-7(2)5-3-4-6-8/h6-8H,4H2,1-2H3. The van der Waals surface area contributed by atoms with E-state index in [1.165, 1.54) is 0 Å². The summed E-state index contributed by atoms with van der Waals surface area (Å²) in [6.45, 7) is 5.10. The molecule has 0 amide bonds. The molecule has 1 nitrogen and oxygen atoms in total. The van der Waals surface area contributed by atoms with Gasteiger partial charge >= 0.3 is 0 Å². The van der Waals surface area contributed by atoms with E-state index in [0.29, 0.717) is 12.3 Å². The third-order valence-electron chi connectivity index (χ3n) is 0.584. The van der Waals surface area contributed by atoms with Gasteiger partial charge in [-0.15, -0.1) is 11.8 Å². The van der Waals surface area contributed by atoms with E-state index in [1.807, 2.05) is 13.8 Å². The second-order valence-electron chi connectivity index (χ2n) is 1.86. The van der Waals surface area contributed by atoms with Crippen molar-refractivity contribution >= 4 is 0 Å². The molecule has 45 valence electrons. The third-order valence-corrected chi connectivity index (χ3v) is 0.584. The second kappa shape index (κ2) is 4.67. The van der Waals surface area contributed by atoms with Crippen LogP contribution in [-0.2, 0) is 0 Å². The van der Waals surface area contributed by atoms with Gasteiger partial charge in [-0.2, -0.15) is 0 Å². The highest BCUT2D eigenvalue weighted by Crippen LogP contribution is 1.86. The topological polar surface area (TPSA) is 20.2 Å². The van der Waals surface area contributed by atoms with E-state index >= 15 is 0 Å². The number of hydrogen-bond donors (Lipinski definition) is 1. The first-order valence-electron chi connectivity index (χ1n) is 2.71. The summed E-state index contributed by atoms with van der Waals surface area (Å²) in [6, 6.07) is 0. The van der Waals surface area contributed by atoms with Gasteiger partial charge in [0, 0.05) is 12.3 Å². The fourth-order valence-electron chi connectivity index (χ4n) is 0.309. The van der Waals surface area contributed by atoms with Crippen LogP contribution in [0.15, 0.2) is 0 Å². The molecule has 0 unspecified atom stereocenters. The lowest BCUT2D eigenvalue weighted by Gasteiger charge is -1.84. The molecule has 1 N–H and O–H groups in total. The van der Waals surface area contributed by atoms with Crippen molar-refractivity contribution in [3.63, 3.8) is 0 Å². The average Bonchev–Trinajstić information content (AvgIpc) is 1.66. The first-order chi connectivity index (χ1) is 3.77. The molecule has 0 saturated heterocycles. The quantitative estimate of drug-likeness (QED) is 0.509. The van der Waals surface area contributed by atoms with Crippen LogP contribution >= 0.6 is 0 Å². The van der Waals surface area contributed by atoms with Gasteiger partial charge in [0.05, 0.1) is 6.61 Å². The van der Waals surface area contributed by atoms with Crippen molar-refractivity contribution in [1.82, 2.24) is 0 Å². The minimum Gasteiger partial charge on any atom is -0.389 e. The Kier molecular flexibility index (Phi) is 4.39. The molecular weight excluding hydrogens is 100 g/mol. The summed E-state index contributed by atoms with van der Waals surface area (Å²) in [6.07, 6.45) is 0.484. The van der Waals surface area contributed by atoms with Crippen LogP contribution in [0.5, 0.6) is 0 Å². The molecule has 0 atom stereocenters. The minimum absolute atomic E-state index is 0.412. The van der Waals surface area contributed by atoms with Gasteiger partial charge in [-0.05, 0) is 0 Å². The van der Waals surface area contributed by atoms with E-state index in [1.54, 1.807) is 0 Å². The van der Waals surface area contributed by atoms with Gasteiger partial charge in [0.1, 0.15) is 0 Å². The molecule has 1 heteroatoms. The largest absolute Gasteiger partial charge is 0.389 e. The predicted molar refractivity (Wildman–Crippen MR) is 33.5 cm³/mol. The highest BCUT2D eigenvalue weighted by Gasteiger charge is 1.79. The van der Waals surface area contributed by atoms with Crippen LogP contribution in [0.25, 0.3) is 0 Å². The Morgan fingerprint density at radius 3 is 2.62 bits per heavy atom. The maximum atomic E-state index is 8.15.